The zero-order valence-electron chi connectivity index (χ0n) is 12.3. The predicted molar refractivity (Wildman–Crippen MR) is 80.0 cm³/mol. The van der Waals surface area contributed by atoms with Gasteiger partial charge < -0.3 is 4.57 Å². The molecule has 0 spiro atoms. The molecule has 1 rings (SSSR count). The van der Waals surface area contributed by atoms with Crippen LogP contribution in [0.5, 0.6) is 0 Å². The first-order valence-corrected chi connectivity index (χ1v) is 9.76. The Morgan fingerprint density at radius 3 is 1.82 bits per heavy atom. The fourth-order valence-electron chi connectivity index (χ4n) is 3.18. The van der Waals surface area contributed by atoms with Crippen molar-refractivity contribution >= 4 is 8.24 Å². The summed E-state index contributed by atoms with van der Waals surface area (Å²) in [5.41, 5.74) is 1.29. The minimum absolute atomic E-state index is 1.09. The van der Waals surface area contributed by atoms with Crippen LogP contribution in [0, 0.1) is 0 Å². The molecule has 100 valence electrons. The molecule has 0 bridgehead atoms. The van der Waals surface area contributed by atoms with Gasteiger partial charge in [0.2, 0.25) is 0 Å². The molecule has 1 aliphatic rings. The summed E-state index contributed by atoms with van der Waals surface area (Å²) in [5, 5.41) is 0. The van der Waals surface area contributed by atoms with Gasteiger partial charge in [0.05, 0.1) is 0 Å². The molecule has 1 aliphatic heterocycles. The van der Waals surface area contributed by atoms with E-state index in [1.165, 1.54) is 49.9 Å². The Morgan fingerprint density at radius 1 is 1.00 bits per heavy atom. The minimum Gasteiger partial charge on any atom is -0.321 e. The second-order valence-corrected chi connectivity index (χ2v) is 10.7. The molecule has 0 aliphatic carbocycles. The molecular formula is C14H30N2Si. The highest BCUT2D eigenvalue weighted by Crippen LogP contribution is 2.26. The van der Waals surface area contributed by atoms with Crippen molar-refractivity contribution in [2.45, 2.75) is 45.8 Å². The molecule has 1 saturated heterocycles. The summed E-state index contributed by atoms with van der Waals surface area (Å²) >= 11 is 0. The van der Waals surface area contributed by atoms with Crippen molar-refractivity contribution in [1.29, 1.82) is 0 Å². The number of hydrogen-bond acceptors (Lipinski definition) is 2. The van der Waals surface area contributed by atoms with E-state index in [0.717, 1.165) is 6.54 Å². The first kappa shape index (κ1) is 14.9. The van der Waals surface area contributed by atoms with Crippen molar-refractivity contribution in [3.05, 3.63) is 12.2 Å². The number of piperazine rings is 1. The van der Waals surface area contributed by atoms with E-state index < -0.39 is 8.24 Å². The third-order valence-corrected chi connectivity index (χ3v) is 10.2. The van der Waals surface area contributed by atoms with E-state index in [-0.39, 0.29) is 0 Å². The largest absolute Gasteiger partial charge is 0.321 e. The average Bonchev–Trinajstić information content (AvgIpc) is 2.33. The van der Waals surface area contributed by atoms with E-state index in [0.29, 0.717) is 0 Å². The van der Waals surface area contributed by atoms with E-state index >= 15 is 0 Å². The summed E-state index contributed by atoms with van der Waals surface area (Å²) in [5.74, 6) is 0. The lowest BCUT2D eigenvalue weighted by Crippen LogP contribution is -2.59. The van der Waals surface area contributed by atoms with Gasteiger partial charge in [0.1, 0.15) is 8.24 Å². The maximum Gasteiger partial charge on any atom is 0.127 e. The first-order valence-electron chi connectivity index (χ1n) is 7.19. The van der Waals surface area contributed by atoms with Gasteiger partial charge in [0.15, 0.2) is 0 Å². The number of nitrogens with zero attached hydrogens (tertiary/aromatic N) is 2. The summed E-state index contributed by atoms with van der Waals surface area (Å²) in [6, 6.07) is 4.25. The van der Waals surface area contributed by atoms with Crippen molar-refractivity contribution in [2.75, 3.05) is 32.7 Å². The van der Waals surface area contributed by atoms with E-state index in [1.807, 2.05) is 0 Å². The standard InChI is InChI=1S/C14H30N2Si/c1-6-17(7-2,8-3)16-11-9-15(10-12-16)13-14(4)5/h4,6-13H2,1-3,5H3. The molecule has 0 radical (unpaired) electrons. The molecule has 1 fully saturated rings. The quantitative estimate of drug-likeness (QED) is 0.530. The van der Waals surface area contributed by atoms with Crippen LogP contribution in [-0.2, 0) is 0 Å². The SMILES string of the molecule is C=C(C)CN1CCN([Si](CC)(CC)CC)CC1. The molecule has 17 heavy (non-hydrogen) atoms. The summed E-state index contributed by atoms with van der Waals surface area (Å²) in [6.45, 7) is 19.5. The van der Waals surface area contributed by atoms with Gasteiger partial charge in [-0.1, -0.05) is 32.9 Å². The fraction of sp³-hybridized carbons (Fsp3) is 0.857. The van der Waals surface area contributed by atoms with E-state index in [9.17, 15) is 0 Å². The molecule has 0 unspecified atom stereocenters. The van der Waals surface area contributed by atoms with E-state index in [1.54, 1.807) is 0 Å². The van der Waals surface area contributed by atoms with Gasteiger partial charge in [-0.05, 0) is 25.1 Å². The molecule has 0 aromatic rings. The van der Waals surface area contributed by atoms with Gasteiger partial charge in [-0.25, -0.2) is 0 Å². The Morgan fingerprint density at radius 2 is 1.47 bits per heavy atom. The van der Waals surface area contributed by atoms with Crippen LogP contribution in [0.3, 0.4) is 0 Å². The lowest BCUT2D eigenvalue weighted by molar-refractivity contribution is 0.194. The second kappa shape index (κ2) is 6.71. The molecule has 3 heteroatoms. The highest BCUT2D eigenvalue weighted by molar-refractivity contribution is 6.77. The van der Waals surface area contributed by atoms with Gasteiger partial charge in [-0.2, -0.15) is 0 Å². The minimum atomic E-state index is -1.10. The maximum atomic E-state index is 4.02. The third kappa shape index (κ3) is 3.67. The van der Waals surface area contributed by atoms with Crippen LogP contribution >= 0.6 is 0 Å². The molecule has 0 N–H and O–H groups in total. The number of hydrogen-bond donors (Lipinski definition) is 0. The van der Waals surface area contributed by atoms with Gasteiger partial charge in [0, 0.05) is 32.7 Å². The van der Waals surface area contributed by atoms with Crippen LogP contribution in [0.1, 0.15) is 27.7 Å². The van der Waals surface area contributed by atoms with Crippen molar-refractivity contribution in [1.82, 2.24) is 9.47 Å². The fourth-order valence-corrected chi connectivity index (χ4v) is 7.17. The molecular weight excluding hydrogens is 224 g/mol. The van der Waals surface area contributed by atoms with Gasteiger partial charge in [-0.3, -0.25) is 4.90 Å². The molecule has 1 heterocycles. The summed E-state index contributed by atoms with van der Waals surface area (Å²) in [7, 11) is -1.10. The van der Waals surface area contributed by atoms with Crippen molar-refractivity contribution in [3.8, 4) is 0 Å². The molecule has 2 nitrogen and oxygen atoms in total. The Labute approximate surface area is 109 Å². The second-order valence-electron chi connectivity index (χ2n) is 5.51. The van der Waals surface area contributed by atoms with Gasteiger partial charge in [0.25, 0.3) is 0 Å². The highest BCUT2D eigenvalue weighted by atomic mass is 28.3. The first-order chi connectivity index (χ1) is 8.07. The Hall–Kier alpha value is -0.123. The molecule has 0 saturated carbocycles. The zero-order valence-corrected chi connectivity index (χ0v) is 13.3. The van der Waals surface area contributed by atoms with Gasteiger partial charge >= 0.3 is 0 Å². The van der Waals surface area contributed by atoms with Crippen LogP contribution < -0.4 is 0 Å². The van der Waals surface area contributed by atoms with Crippen LogP contribution in [-0.4, -0.2) is 50.4 Å². The molecule has 0 amide bonds. The Bertz CT molecular complexity index is 232. The molecule has 0 aromatic carbocycles. The number of rotatable bonds is 6. The van der Waals surface area contributed by atoms with Crippen LogP contribution in [0.15, 0.2) is 12.2 Å². The maximum absolute atomic E-state index is 4.02. The Kier molecular flexibility index (Phi) is 5.90. The van der Waals surface area contributed by atoms with Crippen LogP contribution in [0.25, 0.3) is 0 Å². The zero-order chi connectivity index (χ0) is 12.9. The molecule has 0 atom stereocenters. The summed E-state index contributed by atoms with van der Waals surface area (Å²) < 4.78 is 2.86. The molecule has 0 aromatic heterocycles. The van der Waals surface area contributed by atoms with E-state index in [2.05, 4.69) is 43.7 Å². The normalized spacial score (nSPS) is 19.5. The van der Waals surface area contributed by atoms with Crippen molar-refractivity contribution < 1.29 is 0 Å². The monoisotopic (exact) mass is 254 g/mol. The lowest BCUT2D eigenvalue weighted by Gasteiger charge is -2.45. The van der Waals surface area contributed by atoms with Crippen molar-refractivity contribution in [2.24, 2.45) is 0 Å². The smallest absolute Gasteiger partial charge is 0.127 e. The average molecular weight is 254 g/mol. The van der Waals surface area contributed by atoms with Crippen LogP contribution in [0.4, 0.5) is 0 Å². The lowest BCUT2D eigenvalue weighted by atomic mass is 10.3. The third-order valence-electron chi connectivity index (χ3n) is 4.51. The summed E-state index contributed by atoms with van der Waals surface area (Å²) in [6.07, 6.45) is 0. The highest BCUT2D eigenvalue weighted by Gasteiger charge is 2.35. The van der Waals surface area contributed by atoms with Crippen molar-refractivity contribution in [3.63, 3.8) is 0 Å². The predicted octanol–water partition coefficient (Wildman–Crippen LogP) is 3.19. The topological polar surface area (TPSA) is 6.48 Å². The Balaban J connectivity index is 2.52. The van der Waals surface area contributed by atoms with E-state index in [4.69, 9.17) is 0 Å². The summed E-state index contributed by atoms with van der Waals surface area (Å²) in [4.78, 5) is 2.55. The van der Waals surface area contributed by atoms with Gasteiger partial charge in [-0.15, -0.1) is 0 Å². The van der Waals surface area contributed by atoms with Crippen LogP contribution in [0.2, 0.25) is 18.1 Å².